The summed E-state index contributed by atoms with van der Waals surface area (Å²) in [7, 11) is 0. The van der Waals surface area contributed by atoms with E-state index in [0.29, 0.717) is 23.8 Å². The molecule has 0 spiro atoms. The summed E-state index contributed by atoms with van der Waals surface area (Å²) in [5.74, 6) is 0. The van der Waals surface area contributed by atoms with E-state index in [1.54, 1.807) is 18.3 Å². The van der Waals surface area contributed by atoms with Crippen LogP contribution >= 0.6 is 11.6 Å². The molecule has 2 rings (SSSR count). The van der Waals surface area contributed by atoms with Crippen molar-refractivity contribution in [1.29, 1.82) is 0 Å². The molecule has 5 nitrogen and oxygen atoms in total. The molecular weight excluding hydrogens is 290 g/mol. The topological polar surface area (TPSA) is 68.1 Å². The Bertz CT molecular complexity index is 627. The average Bonchev–Trinajstić information content (AvgIpc) is 2.48. The summed E-state index contributed by atoms with van der Waals surface area (Å²) in [5.41, 5.74) is 2.43. The summed E-state index contributed by atoms with van der Waals surface area (Å²) in [6.45, 7) is 0.529. The van der Waals surface area contributed by atoms with Crippen LogP contribution in [0.5, 0.6) is 0 Å². The fraction of sp³-hybridized carbons (Fsp3) is 0.133. The lowest BCUT2D eigenvalue weighted by Crippen LogP contribution is -2.16. The maximum atomic E-state index is 10.7. The van der Waals surface area contributed by atoms with Crippen molar-refractivity contribution >= 4 is 11.6 Å². The number of nitrogens with one attached hydrogen (secondary N) is 1. The largest absolute Gasteiger partial charge is 0.379 e. The van der Waals surface area contributed by atoms with E-state index in [1.165, 1.54) is 0 Å². The normalized spacial score (nSPS) is 11.2. The third kappa shape index (κ3) is 5.24. The van der Waals surface area contributed by atoms with Gasteiger partial charge in [0.15, 0.2) is 0 Å². The molecule has 1 aromatic carbocycles. The molecule has 0 saturated heterocycles. The van der Waals surface area contributed by atoms with Crippen molar-refractivity contribution in [2.24, 2.45) is 0 Å². The quantitative estimate of drug-likeness (QED) is 0.505. The molecule has 2 aromatic rings. The second-order valence-electron chi connectivity index (χ2n) is 4.44. The Balaban J connectivity index is 2.04. The molecule has 1 heterocycles. The summed E-state index contributed by atoms with van der Waals surface area (Å²) in [4.78, 5) is 14.2. The number of halogens is 1. The van der Waals surface area contributed by atoms with E-state index in [9.17, 15) is 10.1 Å². The molecule has 0 radical (unpaired) electrons. The molecule has 0 unspecified atom stereocenters. The van der Waals surface area contributed by atoms with Crippen molar-refractivity contribution in [2.45, 2.75) is 13.0 Å². The number of hydrogen-bond acceptors (Lipinski definition) is 4. The molecule has 0 amide bonds. The van der Waals surface area contributed by atoms with E-state index in [0.717, 1.165) is 17.3 Å². The lowest BCUT2D eigenvalue weighted by atomic mass is 10.1. The number of rotatable bonds is 6. The van der Waals surface area contributed by atoms with Crippen LogP contribution < -0.4 is 5.32 Å². The van der Waals surface area contributed by atoms with Crippen LogP contribution in [-0.2, 0) is 13.0 Å². The van der Waals surface area contributed by atoms with Crippen molar-refractivity contribution in [3.63, 3.8) is 0 Å². The van der Waals surface area contributed by atoms with Crippen LogP contribution in [0.1, 0.15) is 11.1 Å². The van der Waals surface area contributed by atoms with Crippen molar-refractivity contribution in [3.05, 3.63) is 87.0 Å². The summed E-state index contributed by atoms with van der Waals surface area (Å²) >= 11 is 5.72. The maximum absolute atomic E-state index is 10.7. The molecular formula is C15H14ClN3O2. The van der Waals surface area contributed by atoms with Crippen molar-refractivity contribution < 1.29 is 4.92 Å². The molecule has 0 bridgehead atoms. The van der Waals surface area contributed by atoms with E-state index in [-0.39, 0.29) is 0 Å². The van der Waals surface area contributed by atoms with E-state index in [2.05, 4.69) is 10.3 Å². The highest BCUT2D eigenvalue weighted by Crippen LogP contribution is 2.10. The van der Waals surface area contributed by atoms with Crippen LogP contribution in [0.25, 0.3) is 0 Å². The van der Waals surface area contributed by atoms with Gasteiger partial charge in [0.1, 0.15) is 5.15 Å². The number of pyridine rings is 1. The fourth-order valence-electron chi connectivity index (χ4n) is 1.82. The first-order chi connectivity index (χ1) is 10.1. The zero-order valence-electron chi connectivity index (χ0n) is 11.2. The van der Waals surface area contributed by atoms with Gasteiger partial charge in [0, 0.05) is 19.2 Å². The van der Waals surface area contributed by atoms with Gasteiger partial charge in [0.05, 0.1) is 10.6 Å². The van der Waals surface area contributed by atoms with Gasteiger partial charge in [0.2, 0.25) is 0 Å². The number of aromatic nitrogens is 1. The highest BCUT2D eigenvalue weighted by molar-refractivity contribution is 6.29. The van der Waals surface area contributed by atoms with Crippen molar-refractivity contribution in [1.82, 2.24) is 10.3 Å². The number of nitrogens with zero attached hydrogens (tertiary/aromatic N) is 2. The number of allylic oxidation sites excluding steroid dienone is 1. The standard InChI is InChI=1S/C15H14ClN3O2/c16-15-7-6-13(10-18-15)8-14(11-19(20)21)17-9-12-4-2-1-3-5-12/h1-7,10-11,17H,8-9H2/b14-11-. The second-order valence-corrected chi connectivity index (χ2v) is 4.83. The smallest absolute Gasteiger partial charge is 0.253 e. The van der Waals surface area contributed by atoms with Crippen LogP contribution in [0.2, 0.25) is 5.15 Å². The fourth-order valence-corrected chi connectivity index (χ4v) is 1.94. The van der Waals surface area contributed by atoms with Crippen molar-refractivity contribution in [3.8, 4) is 0 Å². The van der Waals surface area contributed by atoms with Crippen LogP contribution in [-0.4, -0.2) is 9.91 Å². The monoisotopic (exact) mass is 303 g/mol. The molecule has 0 aliphatic carbocycles. The Hall–Kier alpha value is -2.40. The average molecular weight is 304 g/mol. The third-order valence-corrected chi connectivity index (χ3v) is 3.03. The summed E-state index contributed by atoms with van der Waals surface area (Å²) in [5, 5.41) is 14.2. The summed E-state index contributed by atoms with van der Waals surface area (Å²) in [6.07, 6.45) is 3.00. The number of hydrogen-bond donors (Lipinski definition) is 1. The molecule has 0 fully saturated rings. The van der Waals surface area contributed by atoms with E-state index < -0.39 is 4.92 Å². The summed E-state index contributed by atoms with van der Waals surface area (Å²) in [6, 6.07) is 13.2. The lowest BCUT2D eigenvalue weighted by Gasteiger charge is -2.09. The molecule has 0 atom stereocenters. The van der Waals surface area contributed by atoms with Crippen molar-refractivity contribution in [2.75, 3.05) is 0 Å². The zero-order chi connectivity index (χ0) is 15.1. The molecule has 1 N–H and O–H groups in total. The Labute approximate surface area is 127 Å². The van der Waals surface area contributed by atoms with Gasteiger partial charge < -0.3 is 5.32 Å². The third-order valence-electron chi connectivity index (χ3n) is 2.81. The zero-order valence-corrected chi connectivity index (χ0v) is 12.0. The maximum Gasteiger partial charge on any atom is 0.253 e. The highest BCUT2D eigenvalue weighted by atomic mass is 35.5. The van der Waals surface area contributed by atoms with Gasteiger partial charge in [-0.05, 0) is 17.2 Å². The van der Waals surface area contributed by atoms with Gasteiger partial charge in [0.25, 0.3) is 6.20 Å². The van der Waals surface area contributed by atoms with Gasteiger partial charge in [-0.25, -0.2) is 4.98 Å². The molecule has 21 heavy (non-hydrogen) atoms. The minimum atomic E-state index is -0.462. The Morgan fingerprint density at radius 1 is 1.24 bits per heavy atom. The van der Waals surface area contributed by atoms with Crippen LogP contribution in [0, 0.1) is 10.1 Å². The van der Waals surface area contributed by atoms with Crippen LogP contribution in [0.15, 0.2) is 60.6 Å². The lowest BCUT2D eigenvalue weighted by molar-refractivity contribution is -0.403. The van der Waals surface area contributed by atoms with Crippen LogP contribution in [0.4, 0.5) is 0 Å². The summed E-state index contributed by atoms with van der Waals surface area (Å²) < 4.78 is 0. The molecule has 0 aliphatic heterocycles. The SMILES string of the molecule is O=[N+]([O-])/C=C(/Cc1ccc(Cl)nc1)NCc1ccccc1. The first-order valence-corrected chi connectivity index (χ1v) is 6.74. The van der Waals surface area contributed by atoms with Crippen LogP contribution in [0.3, 0.4) is 0 Å². The Morgan fingerprint density at radius 3 is 2.62 bits per heavy atom. The second kappa shape index (κ2) is 7.40. The van der Waals surface area contributed by atoms with Gasteiger partial charge in [-0.15, -0.1) is 0 Å². The van der Waals surface area contributed by atoms with Gasteiger partial charge in [-0.1, -0.05) is 48.0 Å². The molecule has 1 aromatic heterocycles. The number of nitro groups is 1. The highest BCUT2D eigenvalue weighted by Gasteiger charge is 2.05. The first-order valence-electron chi connectivity index (χ1n) is 6.36. The molecule has 108 valence electrons. The van der Waals surface area contributed by atoms with Gasteiger partial charge >= 0.3 is 0 Å². The Kier molecular flexibility index (Phi) is 5.29. The minimum absolute atomic E-state index is 0.399. The van der Waals surface area contributed by atoms with Gasteiger partial charge in [-0.2, -0.15) is 0 Å². The number of benzene rings is 1. The molecule has 0 saturated carbocycles. The minimum Gasteiger partial charge on any atom is -0.379 e. The first kappa shape index (κ1) is 15.0. The molecule has 6 heteroatoms. The predicted octanol–water partition coefficient (Wildman–Crippen LogP) is 3.19. The van der Waals surface area contributed by atoms with E-state index in [1.807, 2.05) is 30.3 Å². The molecule has 0 aliphatic rings. The van der Waals surface area contributed by atoms with E-state index in [4.69, 9.17) is 11.6 Å². The Morgan fingerprint density at radius 2 is 2.00 bits per heavy atom. The van der Waals surface area contributed by atoms with E-state index >= 15 is 0 Å². The van der Waals surface area contributed by atoms with Gasteiger partial charge in [-0.3, -0.25) is 10.1 Å². The predicted molar refractivity (Wildman–Crippen MR) is 81.3 cm³/mol.